The van der Waals surface area contributed by atoms with E-state index in [2.05, 4.69) is 29.9 Å². The van der Waals surface area contributed by atoms with Gasteiger partial charge in [-0.1, -0.05) is 6.92 Å². The Bertz CT molecular complexity index is 322. The van der Waals surface area contributed by atoms with Crippen LogP contribution in [0.25, 0.3) is 0 Å². The van der Waals surface area contributed by atoms with E-state index in [4.69, 9.17) is 0 Å². The highest BCUT2D eigenvalue weighted by molar-refractivity contribution is 5.08. The molecule has 2 heterocycles. The average molecular weight is 207 g/mol. The fraction of sp³-hybridized carbons (Fsp3) is 0.750. The van der Waals surface area contributed by atoms with E-state index >= 15 is 0 Å². The molecule has 1 saturated heterocycles. The third-order valence-electron chi connectivity index (χ3n) is 3.36. The summed E-state index contributed by atoms with van der Waals surface area (Å²) in [5, 5.41) is 4.38. The topological polar surface area (TPSA) is 21.1 Å². The molecule has 0 saturated carbocycles. The Hall–Kier alpha value is -0.830. The molecule has 0 bridgehead atoms. The van der Waals surface area contributed by atoms with Crippen molar-refractivity contribution in [3.63, 3.8) is 0 Å². The van der Waals surface area contributed by atoms with Gasteiger partial charge in [-0.15, -0.1) is 0 Å². The maximum absolute atomic E-state index is 4.38. The van der Waals surface area contributed by atoms with Gasteiger partial charge in [-0.2, -0.15) is 5.10 Å². The molecule has 84 valence electrons. The number of rotatable bonds is 2. The smallest absolute Gasteiger partial charge is 0.0597 e. The highest BCUT2D eigenvalue weighted by Crippen LogP contribution is 2.18. The lowest BCUT2D eigenvalue weighted by Gasteiger charge is -2.29. The Morgan fingerprint density at radius 2 is 2.07 bits per heavy atom. The van der Waals surface area contributed by atoms with Gasteiger partial charge in [0.1, 0.15) is 0 Å². The number of aromatic nitrogens is 2. The van der Waals surface area contributed by atoms with Crippen LogP contribution >= 0.6 is 0 Å². The summed E-state index contributed by atoms with van der Waals surface area (Å²) < 4.78 is 2.01. The normalized spacial score (nSPS) is 19.7. The molecular weight excluding hydrogens is 186 g/mol. The van der Waals surface area contributed by atoms with Crippen molar-refractivity contribution in [2.24, 2.45) is 13.0 Å². The Balaban J connectivity index is 1.94. The number of likely N-dealkylation sites (tertiary alicyclic amines) is 1. The van der Waals surface area contributed by atoms with Gasteiger partial charge in [0.05, 0.1) is 11.4 Å². The zero-order chi connectivity index (χ0) is 10.8. The molecule has 1 aromatic heterocycles. The molecule has 3 nitrogen and oxygen atoms in total. The van der Waals surface area contributed by atoms with E-state index in [-0.39, 0.29) is 0 Å². The summed E-state index contributed by atoms with van der Waals surface area (Å²) in [6.45, 7) is 7.95. The summed E-state index contributed by atoms with van der Waals surface area (Å²) >= 11 is 0. The summed E-state index contributed by atoms with van der Waals surface area (Å²) in [6, 6.07) is 2.19. The lowest BCUT2D eigenvalue weighted by atomic mass is 9.99. The molecule has 15 heavy (non-hydrogen) atoms. The van der Waals surface area contributed by atoms with Crippen molar-refractivity contribution in [2.75, 3.05) is 13.1 Å². The average Bonchev–Trinajstić information content (AvgIpc) is 2.49. The first kappa shape index (κ1) is 10.7. The molecule has 0 unspecified atom stereocenters. The van der Waals surface area contributed by atoms with E-state index in [0.717, 1.165) is 18.2 Å². The molecule has 1 aromatic rings. The SMILES string of the molecule is Cc1cc(CN2CCC(C)CC2)n(C)n1. The predicted octanol–water partition coefficient (Wildman–Crippen LogP) is 1.96. The maximum Gasteiger partial charge on any atom is 0.0597 e. The molecule has 1 aliphatic rings. The van der Waals surface area contributed by atoms with Gasteiger partial charge in [0, 0.05) is 13.6 Å². The van der Waals surface area contributed by atoms with Crippen molar-refractivity contribution < 1.29 is 0 Å². The van der Waals surface area contributed by atoms with Crippen LogP contribution in [0.4, 0.5) is 0 Å². The largest absolute Gasteiger partial charge is 0.298 e. The lowest BCUT2D eigenvalue weighted by molar-refractivity contribution is 0.181. The molecule has 0 radical (unpaired) electrons. The van der Waals surface area contributed by atoms with Crippen LogP contribution in [-0.4, -0.2) is 27.8 Å². The Kier molecular flexibility index (Phi) is 3.10. The van der Waals surface area contributed by atoms with Gasteiger partial charge in [0.25, 0.3) is 0 Å². The quantitative estimate of drug-likeness (QED) is 0.739. The summed E-state index contributed by atoms with van der Waals surface area (Å²) in [5.74, 6) is 0.912. The standard InChI is InChI=1S/C12H21N3/c1-10-4-6-15(7-5-10)9-12-8-11(2)13-14(12)3/h8,10H,4-7,9H2,1-3H3. The van der Waals surface area contributed by atoms with Crippen molar-refractivity contribution in [1.29, 1.82) is 0 Å². The molecule has 0 amide bonds. The molecule has 1 aliphatic heterocycles. The molecular formula is C12H21N3. The van der Waals surface area contributed by atoms with Crippen molar-refractivity contribution in [3.05, 3.63) is 17.5 Å². The van der Waals surface area contributed by atoms with Crippen LogP contribution in [0.1, 0.15) is 31.2 Å². The zero-order valence-corrected chi connectivity index (χ0v) is 10.0. The molecule has 0 N–H and O–H groups in total. The number of hydrogen-bond acceptors (Lipinski definition) is 2. The fourth-order valence-electron chi connectivity index (χ4n) is 2.26. The van der Waals surface area contributed by atoms with Crippen LogP contribution < -0.4 is 0 Å². The van der Waals surface area contributed by atoms with Crippen molar-refractivity contribution in [1.82, 2.24) is 14.7 Å². The predicted molar refractivity (Wildman–Crippen MR) is 61.6 cm³/mol. The van der Waals surface area contributed by atoms with Crippen molar-refractivity contribution >= 4 is 0 Å². The minimum atomic E-state index is 0.912. The van der Waals surface area contributed by atoms with Gasteiger partial charge in [-0.25, -0.2) is 0 Å². The second-order valence-electron chi connectivity index (χ2n) is 4.86. The van der Waals surface area contributed by atoms with Gasteiger partial charge >= 0.3 is 0 Å². The van der Waals surface area contributed by atoms with Crippen LogP contribution in [-0.2, 0) is 13.6 Å². The zero-order valence-electron chi connectivity index (χ0n) is 10.0. The number of piperidine rings is 1. The van der Waals surface area contributed by atoms with E-state index in [1.165, 1.54) is 31.6 Å². The van der Waals surface area contributed by atoms with Crippen LogP contribution in [0.5, 0.6) is 0 Å². The van der Waals surface area contributed by atoms with Gasteiger partial charge in [-0.05, 0) is 44.8 Å². The molecule has 0 atom stereocenters. The molecule has 0 aliphatic carbocycles. The van der Waals surface area contributed by atoms with Gasteiger partial charge in [-0.3, -0.25) is 9.58 Å². The summed E-state index contributed by atoms with van der Waals surface area (Å²) in [7, 11) is 2.04. The van der Waals surface area contributed by atoms with E-state index in [1.807, 2.05) is 11.7 Å². The number of nitrogens with zero attached hydrogens (tertiary/aromatic N) is 3. The molecule has 0 spiro atoms. The van der Waals surface area contributed by atoms with E-state index < -0.39 is 0 Å². The van der Waals surface area contributed by atoms with Crippen LogP contribution in [0.15, 0.2) is 6.07 Å². The monoisotopic (exact) mass is 207 g/mol. The molecule has 2 rings (SSSR count). The lowest BCUT2D eigenvalue weighted by Crippen LogP contribution is -2.32. The van der Waals surface area contributed by atoms with E-state index in [9.17, 15) is 0 Å². The first-order valence-electron chi connectivity index (χ1n) is 5.87. The minimum absolute atomic E-state index is 0.912. The Morgan fingerprint density at radius 3 is 2.60 bits per heavy atom. The third-order valence-corrected chi connectivity index (χ3v) is 3.36. The molecule has 3 heteroatoms. The minimum Gasteiger partial charge on any atom is -0.298 e. The van der Waals surface area contributed by atoms with Crippen molar-refractivity contribution in [3.8, 4) is 0 Å². The van der Waals surface area contributed by atoms with Gasteiger partial charge < -0.3 is 0 Å². The van der Waals surface area contributed by atoms with E-state index in [1.54, 1.807) is 0 Å². The summed E-state index contributed by atoms with van der Waals surface area (Å²) in [6.07, 6.45) is 2.69. The number of hydrogen-bond donors (Lipinski definition) is 0. The first-order valence-corrected chi connectivity index (χ1v) is 5.87. The van der Waals surface area contributed by atoms with Crippen molar-refractivity contribution in [2.45, 2.75) is 33.2 Å². The molecule has 0 aromatic carbocycles. The Labute approximate surface area is 92.1 Å². The first-order chi connectivity index (χ1) is 7.15. The summed E-state index contributed by atoms with van der Waals surface area (Å²) in [4.78, 5) is 2.54. The molecule has 1 fully saturated rings. The maximum atomic E-state index is 4.38. The highest BCUT2D eigenvalue weighted by Gasteiger charge is 2.16. The van der Waals surface area contributed by atoms with Gasteiger partial charge in [0.15, 0.2) is 0 Å². The second-order valence-corrected chi connectivity index (χ2v) is 4.86. The fourth-order valence-corrected chi connectivity index (χ4v) is 2.26. The highest BCUT2D eigenvalue weighted by atomic mass is 15.3. The second kappa shape index (κ2) is 4.35. The van der Waals surface area contributed by atoms with Gasteiger partial charge in [0.2, 0.25) is 0 Å². The van der Waals surface area contributed by atoms with Crippen LogP contribution in [0.2, 0.25) is 0 Å². The number of aryl methyl sites for hydroxylation is 2. The van der Waals surface area contributed by atoms with E-state index in [0.29, 0.717) is 0 Å². The third kappa shape index (κ3) is 2.59. The van der Waals surface area contributed by atoms with Crippen LogP contribution in [0, 0.1) is 12.8 Å². The van der Waals surface area contributed by atoms with Crippen LogP contribution in [0.3, 0.4) is 0 Å². The summed E-state index contributed by atoms with van der Waals surface area (Å²) in [5.41, 5.74) is 2.46. The Morgan fingerprint density at radius 1 is 1.40 bits per heavy atom.